The number of hydrogen-bond donors (Lipinski definition) is 3. The summed E-state index contributed by atoms with van der Waals surface area (Å²) in [6.07, 6.45) is 2.52. The van der Waals surface area contributed by atoms with Gasteiger partial charge in [0.2, 0.25) is 0 Å². The van der Waals surface area contributed by atoms with Gasteiger partial charge in [-0.05, 0) is 60.0 Å². The molecule has 26 heavy (non-hydrogen) atoms. The van der Waals surface area contributed by atoms with Gasteiger partial charge in [0.1, 0.15) is 17.2 Å². The molecular formula is C20H20FN3O2. The van der Waals surface area contributed by atoms with E-state index in [-0.39, 0.29) is 12.4 Å². The fourth-order valence-corrected chi connectivity index (χ4v) is 3.50. The average Bonchev–Trinajstić information content (AvgIpc) is 3.12. The monoisotopic (exact) mass is 353 g/mol. The summed E-state index contributed by atoms with van der Waals surface area (Å²) < 4.78 is 19.3. The van der Waals surface area contributed by atoms with Crippen LogP contribution in [-0.4, -0.2) is 41.9 Å². The van der Waals surface area contributed by atoms with Gasteiger partial charge in [-0.1, -0.05) is 0 Å². The van der Waals surface area contributed by atoms with Crippen molar-refractivity contribution in [2.45, 2.75) is 6.42 Å². The van der Waals surface area contributed by atoms with Crippen LogP contribution in [0, 0.1) is 5.82 Å². The van der Waals surface area contributed by atoms with Gasteiger partial charge in [-0.15, -0.1) is 0 Å². The van der Waals surface area contributed by atoms with E-state index in [1.54, 1.807) is 19.4 Å². The van der Waals surface area contributed by atoms with Crippen LogP contribution in [0.1, 0.15) is 12.1 Å². The third kappa shape index (κ3) is 2.87. The Balaban J connectivity index is 1.90. The minimum atomic E-state index is -0.316. The highest BCUT2D eigenvalue weighted by atomic mass is 19.1. The SMILES string of the molecule is COc1ccc(F)cc1-c1ccnc2[nH]c(C3=C(CO)CCNC3)cc12. The van der Waals surface area contributed by atoms with Gasteiger partial charge in [0.05, 0.1) is 13.7 Å². The van der Waals surface area contributed by atoms with E-state index >= 15 is 0 Å². The molecule has 5 nitrogen and oxygen atoms in total. The van der Waals surface area contributed by atoms with Crippen LogP contribution >= 0.6 is 0 Å². The molecule has 1 aliphatic rings. The smallest absolute Gasteiger partial charge is 0.138 e. The topological polar surface area (TPSA) is 70.2 Å². The largest absolute Gasteiger partial charge is 0.496 e. The molecule has 0 atom stereocenters. The number of ether oxygens (including phenoxy) is 1. The van der Waals surface area contributed by atoms with Crippen LogP contribution in [0.4, 0.5) is 4.39 Å². The van der Waals surface area contributed by atoms with Crippen molar-refractivity contribution < 1.29 is 14.2 Å². The minimum Gasteiger partial charge on any atom is -0.496 e. The fraction of sp³-hybridized carbons (Fsp3) is 0.250. The first kappa shape index (κ1) is 16.8. The number of aliphatic hydroxyl groups excluding tert-OH is 1. The summed E-state index contributed by atoms with van der Waals surface area (Å²) in [6.45, 7) is 1.61. The van der Waals surface area contributed by atoms with Crippen LogP contribution in [0.5, 0.6) is 5.75 Å². The zero-order chi connectivity index (χ0) is 18.1. The normalized spacial score (nSPS) is 14.9. The van der Waals surface area contributed by atoms with Gasteiger partial charge in [0.25, 0.3) is 0 Å². The van der Waals surface area contributed by atoms with Gasteiger partial charge in [-0.25, -0.2) is 9.37 Å². The average molecular weight is 353 g/mol. The maximum absolute atomic E-state index is 13.8. The number of nitrogens with zero attached hydrogens (tertiary/aromatic N) is 1. The predicted molar refractivity (Wildman–Crippen MR) is 99.5 cm³/mol. The Bertz CT molecular complexity index is 994. The number of nitrogens with one attached hydrogen (secondary N) is 2. The molecule has 3 heterocycles. The molecule has 1 aliphatic heterocycles. The molecule has 2 aromatic heterocycles. The van der Waals surface area contributed by atoms with E-state index in [9.17, 15) is 9.50 Å². The number of pyridine rings is 1. The zero-order valence-corrected chi connectivity index (χ0v) is 14.5. The number of aromatic amines is 1. The first-order valence-electron chi connectivity index (χ1n) is 8.55. The molecule has 0 unspecified atom stereocenters. The standard InChI is InChI=1S/C20H20FN3O2/c1-26-19-3-2-13(21)8-15(19)14-5-7-23-20-16(14)9-18(24-20)17-10-22-6-4-12(17)11-25/h2-3,5,7-9,22,25H,4,6,10-11H2,1H3,(H,23,24). The van der Waals surface area contributed by atoms with Crippen molar-refractivity contribution in [3.63, 3.8) is 0 Å². The Morgan fingerprint density at radius 3 is 2.92 bits per heavy atom. The quantitative estimate of drug-likeness (QED) is 0.674. The molecule has 3 N–H and O–H groups in total. The Morgan fingerprint density at radius 2 is 2.12 bits per heavy atom. The molecule has 6 heteroatoms. The molecule has 4 rings (SSSR count). The Kier molecular flexibility index (Phi) is 4.44. The Hall–Kier alpha value is -2.70. The second kappa shape index (κ2) is 6.90. The third-order valence-corrected chi connectivity index (χ3v) is 4.83. The molecular weight excluding hydrogens is 333 g/mol. The van der Waals surface area contributed by atoms with Crippen LogP contribution < -0.4 is 10.1 Å². The maximum atomic E-state index is 13.8. The van der Waals surface area contributed by atoms with Crippen LogP contribution in [0.2, 0.25) is 0 Å². The van der Waals surface area contributed by atoms with Crippen molar-refractivity contribution in [1.29, 1.82) is 0 Å². The second-order valence-electron chi connectivity index (χ2n) is 6.32. The number of hydrogen-bond acceptors (Lipinski definition) is 4. The predicted octanol–water partition coefficient (Wildman–Crippen LogP) is 3.12. The number of methoxy groups -OCH3 is 1. The third-order valence-electron chi connectivity index (χ3n) is 4.83. The van der Waals surface area contributed by atoms with Crippen molar-refractivity contribution >= 4 is 16.6 Å². The number of rotatable bonds is 4. The number of aromatic nitrogens is 2. The van der Waals surface area contributed by atoms with E-state index in [4.69, 9.17) is 4.74 Å². The van der Waals surface area contributed by atoms with Crippen molar-refractivity contribution in [2.24, 2.45) is 0 Å². The van der Waals surface area contributed by atoms with Gasteiger partial charge < -0.3 is 20.1 Å². The van der Waals surface area contributed by atoms with Crippen molar-refractivity contribution in [3.8, 4) is 16.9 Å². The molecule has 0 spiro atoms. The minimum absolute atomic E-state index is 0.0460. The molecule has 0 amide bonds. The Labute approximate surface area is 150 Å². The van der Waals surface area contributed by atoms with E-state index in [2.05, 4.69) is 15.3 Å². The van der Waals surface area contributed by atoms with E-state index in [0.717, 1.165) is 46.4 Å². The first-order valence-corrected chi connectivity index (χ1v) is 8.55. The van der Waals surface area contributed by atoms with E-state index in [1.165, 1.54) is 12.1 Å². The molecule has 0 saturated carbocycles. The summed E-state index contributed by atoms with van der Waals surface area (Å²) in [5.41, 5.74) is 5.27. The summed E-state index contributed by atoms with van der Waals surface area (Å²) in [6, 6.07) is 8.36. The lowest BCUT2D eigenvalue weighted by Gasteiger charge is -2.19. The molecule has 0 fully saturated rings. The number of benzene rings is 1. The fourth-order valence-electron chi connectivity index (χ4n) is 3.50. The number of fused-ring (bicyclic) bond motifs is 1. The summed E-state index contributed by atoms with van der Waals surface area (Å²) in [4.78, 5) is 7.75. The van der Waals surface area contributed by atoms with Crippen molar-refractivity contribution in [3.05, 3.63) is 53.6 Å². The molecule has 0 bridgehead atoms. The van der Waals surface area contributed by atoms with Crippen LogP contribution in [0.15, 0.2) is 42.1 Å². The van der Waals surface area contributed by atoms with Crippen LogP contribution in [-0.2, 0) is 0 Å². The van der Waals surface area contributed by atoms with Gasteiger partial charge >= 0.3 is 0 Å². The molecule has 1 aromatic carbocycles. The molecule has 0 aliphatic carbocycles. The van der Waals surface area contributed by atoms with E-state index in [1.807, 2.05) is 12.1 Å². The summed E-state index contributed by atoms with van der Waals surface area (Å²) in [5.74, 6) is 0.291. The number of aliphatic hydroxyl groups is 1. The van der Waals surface area contributed by atoms with E-state index in [0.29, 0.717) is 17.9 Å². The van der Waals surface area contributed by atoms with Crippen LogP contribution in [0.25, 0.3) is 27.7 Å². The lowest BCUT2D eigenvalue weighted by molar-refractivity contribution is 0.325. The lowest BCUT2D eigenvalue weighted by atomic mass is 9.98. The van der Waals surface area contributed by atoms with E-state index < -0.39 is 0 Å². The highest BCUT2D eigenvalue weighted by Crippen LogP contribution is 2.36. The van der Waals surface area contributed by atoms with Gasteiger partial charge in [0.15, 0.2) is 0 Å². The lowest BCUT2D eigenvalue weighted by Crippen LogP contribution is -2.25. The molecule has 3 aromatic rings. The summed E-state index contributed by atoms with van der Waals surface area (Å²) in [7, 11) is 1.57. The number of H-pyrrole nitrogens is 1. The van der Waals surface area contributed by atoms with Gasteiger partial charge in [-0.3, -0.25) is 0 Å². The highest BCUT2D eigenvalue weighted by molar-refractivity contribution is 5.97. The van der Waals surface area contributed by atoms with Gasteiger partial charge in [0, 0.05) is 29.4 Å². The summed E-state index contributed by atoms with van der Waals surface area (Å²) in [5, 5.41) is 13.9. The molecule has 134 valence electrons. The number of halogens is 1. The Morgan fingerprint density at radius 1 is 1.23 bits per heavy atom. The van der Waals surface area contributed by atoms with Gasteiger partial charge in [-0.2, -0.15) is 0 Å². The van der Waals surface area contributed by atoms with Crippen molar-refractivity contribution in [2.75, 3.05) is 26.8 Å². The molecule has 0 saturated heterocycles. The van der Waals surface area contributed by atoms with Crippen molar-refractivity contribution in [1.82, 2.24) is 15.3 Å². The second-order valence-corrected chi connectivity index (χ2v) is 6.32. The highest BCUT2D eigenvalue weighted by Gasteiger charge is 2.18. The summed E-state index contributed by atoms with van der Waals surface area (Å²) >= 11 is 0. The maximum Gasteiger partial charge on any atom is 0.138 e. The zero-order valence-electron chi connectivity index (χ0n) is 14.5. The molecule has 0 radical (unpaired) electrons. The van der Waals surface area contributed by atoms with Crippen LogP contribution in [0.3, 0.4) is 0 Å². The first-order chi connectivity index (χ1) is 12.7.